The Hall–Kier alpha value is -2.57. The minimum absolute atomic E-state index is 0.0129. The van der Waals surface area contributed by atoms with Crippen LogP contribution in [-0.2, 0) is 4.79 Å². The number of ether oxygens (including phenoxy) is 1. The summed E-state index contributed by atoms with van der Waals surface area (Å²) in [4.78, 5) is 26.0. The van der Waals surface area contributed by atoms with Crippen LogP contribution in [0, 0.1) is 5.41 Å². The number of hydrogen-bond acceptors (Lipinski definition) is 4. The summed E-state index contributed by atoms with van der Waals surface area (Å²) in [5.41, 5.74) is 6.12. The summed E-state index contributed by atoms with van der Waals surface area (Å²) in [7, 11) is 0. The van der Waals surface area contributed by atoms with Crippen LogP contribution in [0.3, 0.4) is 0 Å². The third-order valence-corrected chi connectivity index (χ3v) is 3.40. The van der Waals surface area contributed by atoms with E-state index in [2.05, 4.69) is 5.32 Å². The Morgan fingerprint density at radius 3 is 2.73 bits per heavy atom. The van der Waals surface area contributed by atoms with Gasteiger partial charge >= 0.3 is 0 Å². The fraction of sp³-hybridized carbons (Fsp3) is 0.400. The zero-order valence-corrected chi connectivity index (χ0v) is 12.8. The Labute approximate surface area is 128 Å². The molecule has 0 spiro atoms. The molecule has 0 aromatic heterocycles. The molecule has 1 heterocycles. The molecule has 1 aliphatic heterocycles. The Kier molecular flexibility index (Phi) is 4.35. The molecule has 7 heteroatoms. The summed E-state index contributed by atoms with van der Waals surface area (Å²) < 4.78 is 5.71. The number of rotatable bonds is 3. The maximum Gasteiger partial charge on any atom is 0.268 e. The number of hydrogen-bond donors (Lipinski definition) is 3. The predicted octanol–water partition coefficient (Wildman–Crippen LogP) is 1.22. The normalized spacial score (nSPS) is 17.0. The number of carbonyl (C=O) groups is 2. The molecule has 0 unspecified atom stereocenters. The number of anilines is 1. The van der Waals surface area contributed by atoms with Crippen molar-refractivity contribution in [1.29, 1.82) is 5.41 Å². The lowest BCUT2D eigenvalue weighted by Gasteiger charge is -2.36. The Morgan fingerprint density at radius 1 is 1.50 bits per heavy atom. The van der Waals surface area contributed by atoms with Crippen LogP contribution in [0.1, 0.15) is 37.6 Å². The minimum Gasteiger partial charge on any atom is -0.478 e. The molecular weight excluding hydrogens is 284 g/mol. The van der Waals surface area contributed by atoms with Gasteiger partial charge in [-0.25, -0.2) is 0 Å². The van der Waals surface area contributed by atoms with E-state index in [-0.39, 0.29) is 11.9 Å². The molecule has 1 atom stereocenters. The Bertz CT molecular complexity index is 627. The molecule has 118 valence electrons. The highest BCUT2D eigenvalue weighted by Crippen LogP contribution is 2.36. The van der Waals surface area contributed by atoms with E-state index in [0.717, 1.165) is 0 Å². The first-order valence-electron chi connectivity index (χ1n) is 7.14. The highest BCUT2D eigenvalue weighted by Gasteiger charge is 2.35. The highest BCUT2D eigenvalue weighted by molar-refractivity contribution is 6.06. The van der Waals surface area contributed by atoms with Crippen LogP contribution in [-0.4, -0.2) is 29.9 Å². The molecule has 2 amide bonds. The average Bonchev–Trinajstić information content (AvgIpc) is 2.44. The fourth-order valence-corrected chi connectivity index (χ4v) is 2.41. The van der Waals surface area contributed by atoms with Crippen molar-refractivity contribution >= 4 is 23.5 Å². The summed E-state index contributed by atoms with van der Waals surface area (Å²) in [6.07, 6.45) is -0.00763. The van der Waals surface area contributed by atoms with Gasteiger partial charge in [0, 0.05) is 11.6 Å². The quantitative estimate of drug-likeness (QED) is 0.576. The number of carbonyl (C=O) groups excluding carboxylic acids is 2. The molecular formula is C15H20N4O3. The van der Waals surface area contributed by atoms with Gasteiger partial charge in [-0.05, 0) is 38.5 Å². The van der Waals surface area contributed by atoms with Crippen molar-refractivity contribution in [2.24, 2.45) is 5.73 Å². The van der Waals surface area contributed by atoms with Gasteiger partial charge in [-0.1, -0.05) is 6.92 Å². The number of guanidine groups is 1. The zero-order valence-electron chi connectivity index (χ0n) is 12.8. The predicted molar refractivity (Wildman–Crippen MR) is 83.2 cm³/mol. The van der Waals surface area contributed by atoms with Crippen LogP contribution < -0.4 is 20.7 Å². The largest absolute Gasteiger partial charge is 0.478 e. The summed E-state index contributed by atoms with van der Waals surface area (Å²) in [5, 5.41) is 9.32. The molecule has 4 N–H and O–H groups in total. The van der Waals surface area contributed by atoms with Crippen molar-refractivity contribution in [3.05, 3.63) is 23.8 Å². The minimum atomic E-state index is -0.555. The molecule has 0 saturated carbocycles. The molecule has 0 bridgehead atoms. The molecule has 0 saturated heterocycles. The first kappa shape index (κ1) is 15.8. The van der Waals surface area contributed by atoms with Gasteiger partial charge in [0.15, 0.2) is 12.1 Å². The average molecular weight is 304 g/mol. The van der Waals surface area contributed by atoms with Crippen LogP contribution >= 0.6 is 0 Å². The van der Waals surface area contributed by atoms with Crippen LogP contribution in [0.15, 0.2) is 18.2 Å². The second kappa shape index (κ2) is 6.05. The smallest absolute Gasteiger partial charge is 0.268 e. The number of amides is 2. The van der Waals surface area contributed by atoms with E-state index in [1.165, 1.54) is 0 Å². The molecule has 1 aliphatic rings. The van der Waals surface area contributed by atoms with E-state index in [1.54, 1.807) is 23.1 Å². The highest BCUT2D eigenvalue weighted by atomic mass is 16.5. The molecule has 22 heavy (non-hydrogen) atoms. The summed E-state index contributed by atoms with van der Waals surface area (Å²) in [5.74, 6) is -0.503. The molecule has 7 nitrogen and oxygen atoms in total. The molecule has 0 radical (unpaired) electrons. The first-order chi connectivity index (χ1) is 10.3. The number of nitrogens with one attached hydrogen (secondary N) is 2. The van der Waals surface area contributed by atoms with E-state index in [0.29, 0.717) is 23.4 Å². The lowest BCUT2D eigenvalue weighted by atomic mass is 10.1. The van der Waals surface area contributed by atoms with Crippen molar-refractivity contribution in [3.8, 4) is 5.75 Å². The van der Waals surface area contributed by atoms with Gasteiger partial charge in [-0.3, -0.25) is 20.3 Å². The number of nitrogens with zero attached hydrogens (tertiary/aromatic N) is 1. The van der Waals surface area contributed by atoms with Crippen molar-refractivity contribution in [3.63, 3.8) is 0 Å². The second-order valence-electron chi connectivity index (χ2n) is 5.37. The first-order valence-corrected chi connectivity index (χ1v) is 7.14. The second-order valence-corrected chi connectivity index (χ2v) is 5.37. The van der Waals surface area contributed by atoms with E-state index >= 15 is 0 Å². The van der Waals surface area contributed by atoms with Gasteiger partial charge in [0.2, 0.25) is 0 Å². The summed E-state index contributed by atoms with van der Waals surface area (Å²) >= 11 is 0. The number of nitrogens with two attached hydrogens (primary N) is 1. The van der Waals surface area contributed by atoms with Gasteiger partial charge in [0.1, 0.15) is 5.75 Å². The summed E-state index contributed by atoms with van der Waals surface area (Å²) in [6.45, 7) is 5.73. The van der Waals surface area contributed by atoms with Gasteiger partial charge < -0.3 is 15.4 Å². The van der Waals surface area contributed by atoms with Crippen molar-refractivity contribution in [2.45, 2.75) is 39.3 Å². The third-order valence-electron chi connectivity index (χ3n) is 3.40. The Morgan fingerprint density at radius 2 is 2.18 bits per heavy atom. The zero-order chi connectivity index (χ0) is 16.4. The SMILES string of the molecule is CC[C@@H]1Oc2cc(C(=O)NC(=N)N)ccc2N(C(C)C)C1=O. The third kappa shape index (κ3) is 2.88. The van der Waals surface area contributed by atoms with Crippen molar-refractivity contribution in [1.82, 2.24) is 5.32 Å². The van der Waals surface area contributed by atoms with Crippen molar-refractivity contribution in [2.75, 3.05) is 4.90 Å². The number of fused-ring (bicyclic) bond motifs is 1. The lowest BCUT2D eigenvalue weighted by molar-refractivity contribution is -0.126. The molecule has 0 fully saturated rings. The molecule has 2 rings (SSSR count). The van der Waals surface area contributed by atoms with E-state index < -0.39 is 18.0 Å². The lowest BCUT2D eigenvalue weighted by Crippen LogP contribution is -2.49. The molecule has 0 aliphatic carbocycles. The van der Waals surface area contributed by atoms with Crippen LogP contribution in [0.5, 0.6) is 5.75 Å². The molecule has 1 aromatic rings. The number of benzene rings is 1. The van der Waals surface area contributed by atoms with E-state index in [1.807, 2.05) is 20.8 Å². The van der Waals surface area contributed by atoms with Gasteiger partial charge in [0.25, 0.3) is 11.8 Å². The topological polar surface area (TPSA) is 109 Å². The van der Waals surface area contributed by atoms with Gasteiger partial charge in [-0.15, -0.1) is 0 Å². The maximum absolute atomic E-state index is 12.4. The standard InChI is InChI=1S/C15H20N4O3/c1-4-11-14(21)19(8(2)3)10-6-5-9(7-12(10)22-11)13(20)18-15(16)17/h5-8,11H,4H2,1-3H3,(H4,16,17,18,20)/t11-/m0/s1. The Balaban J connectivity index is 2.42. The fourth-order valence-electron chi connectivity index (χ4n) is 2.41. The molecule has 1 aromatic carbocycles. The van der Waals surface area contributed by atoms with Crippen LogP contribution in [0.4, 0.5) is 5.69 Å². The monoisotopic (exact) mass is 304 g/mol. The summed E-state index contributed by atoms with van der Waals surface area (Å²) in [6, 6.07) is 4.81. The van der Waals surface area contributed by atoms with E-state index in [4.69, 9.17) is 15.9 Å². The van der Waals surface area contributed by atoms with Crippen LogP contribution in [0.25, 0.3) is 0 Å². The van der Waals surface area contributed by atoms with E-state index in [9.17, 15) is 9.59 Å². The van der Waals surface area contributed by atoms with Crippen LogP contribution in [0.2, 0.25) is 0 Å². The van der Waals surface area contributed by atoms with Gasteiger partial charge in [-0.2, -0.15) is 0 Å². The van der Waals surface area contributed by atoms with Crippen molar-refractivity contribution < 1.29 is 14.3 Å². The van der Waals surface area contributed by atoms with Gasteiger partial charge in [0.05, 0.1) is 5.69 Å². The maximum atomic E-state index is 12.4.